The molecule has 0 saturated heterocycles. The number of amides is 2. The van der Waals surface area contributed by atoms with Gasteiger partial charge in [0.05, 0.1) is 53.6 Å². The molecule has 0 saturated carbocycles. The van der Waals surface area contributed by atoms with Crippen LogP contribution in [0.25, 0.3) is 0 Å². The molecule has 0 aliphatic carbocycles. The van der Waals surface area contributed by atoms with Crippen LogP contribution in [0, 0.1) is 22.7 Å². The van der Waals surface area contributed by atoms with E-state index in [1.54, 1.807) is 6.07 Å². The molecule has 11 nitrogen and oxygen atoms in total. The van der Waals surface area contributed by atoms with Crippen molar-refractivity contribution in [3.05, 3.63) is 88.6 Å². The van der Waals surface area contributed by atoms with Crippen LogP contribution in [0.1, 0.15) is 29.7 Å². The zero-order valence-electron chi connectivity index (χ0n) is 23.9. The van der Waals surface area contributed by atoms with Crippen molar-refractivity contribution in [2.75, 3.05) is 25.4 Å². The quantitative estimate of drug-likeness (QED) is 0.333. The van der Waals surface area contributed by atoms with E-state index < -0.39 is 64.7 Å². The fraction of sp³-hybridized carbons (Fsp3) is 0.207. The summed E-state index contributed by atoms with van der Waals surface area (Å²) in [5.41, 5.74) is -2.78. The first-order valence-electron chi connectivity index (χ1n) is 12.6. The molecular formula is C29H23F3N4O7S2. The Bertz CT molecular complexity index is 2050. The Morgan fingerprint density at radius 1 is 0.889 bits per heavy atom. The first kappa shape index (κ1) is 32.8. The fourth-order valence-corrected chi connectivity index (χ4v) is 7.44. The molecule has 0 spiro atoms. The number of sulfonamides is 1. The first-order valence-corrected chi connectivity index (χ1v) is 16.0. The Hall–Kier alpha value is -5.06. The third-order valence-electron chi connectivity index (χ3n) is 6.91. The molecule has 3 aromatic carbocycles. The van der Waals surface area contributed by atoms with Crippen molar-refractivity contribution in [1.29, 1.82) is 10.5 Å². The van der Waals surface area contributed by atoms with Gasteiger partial charge in [0.15, 0.2) is 9.84 Å². The molecule has 1 aliphatic rings. The van der Waals surface area contributed by atoms with E-state index in [1.165, 1.54) is 32.2 Å². The van der Waals surface area contributed by atoms with Gasteiger partial charge in [-0.15, -0.1) is 0 Å². The normalized spacial score (nSPS) is 15.8. The summed E-state index contributed by atoms with van der Waals surface area (Å²) in [5, 5.41) is 19.8. The van der Waals surface area contributed by atoms with Gasteiger partial charge in [-0.1, -0.05) is 12.1 Å². The highest BCUT2D eigenvalue weighted by Gasteiger charge is 2.49. The second-order valence-corrected chi connectivity index (χ2v) is 13.4. The van der Waals surface area contributed by atoms with Crippen LogP contribution in [0.5, 0.6) is 11.5 Å². The summed E-state index contributed by atoms with van der Waals surface area (Å²) in [6.07, 6.45) is -4.04. The lowest BCUT2D eigenvalue weighted by Crippen LogP contribution is -2.52. The van der Waals surface area contributed by atoms with Crippen molar-refractivity contribution in [3.8, 4) is 23.6 Å². The molecule has 45 heavy (non-hydrogen) atoms. The summed E-state index contributed by atoms with van der Waals surface area (Å²) < 4.78 is 106. The zero-order valence-corrected chi connectivity index (χ0v) is 25.6. The number of rotatable bonds is 7. The highest BCUT2D eigenvalue weighted by atomic mass is 32.2. The number of hydrogen-bond acceptors (Lipinski definition) is 9. The summed E-state index contributed by atoms with van der Waals surface area (Å²) in [4.78, 5) is 13.8. The van der Waals surface area contributed by atoms with Crippen molar-refractivity contribution in [1.82, 2.24) is 4.31 Å². The van der Waals surface area contributed by atoms with Crippen LogP contribution in [-0.2, 0) is 26.0 Å². The third-order valence-corrected chi connectivity index (χ3v) is 9.82. The molecule has 1 heterocycles. The van der Waals surface area contributed by atoms with E-state index in [4.69, 9.17) is 9.47 Å². The number of hydrogen-bond donors (Lipinski definition) is 0. The number of carbonyl (C=O) groups is 1. The summed E-state index contributed by atoms with van der Waals surface area (Å²) in [6.45, 7) is 1.21. The van der Waals surface area contributed by atoms with Gasteiger partial charge in [-0.25, -0.2) is 25.9 Å². The molecule has 0 bridgehead atoms. The molecule has 3 aromatic rings. The van der Waals surface area contributed by atoms with E-state index in [0.29, 0.717) is 11.0 Å². The summed E-state index contributed by atoms with van der Waals surface area (Å²) >= 11 is 0. The Morgan fingerprint density at radius 2 is 1.58 bits per heavy atom. The Labute approximate surface area is 256 Å². The molecule has 0 aromatic heterocycles. The number of nitriles is 2. The minimum absolute atomic E-state index is 0.0209. The number of ether oxygens (including phenoxy) is 2. The second-order valence-electron chi connectivity index (χ2n) is 9.63. The molecule has 1 atom stereocenters. The average molecular weight is 661 g/mol. The standard InChI is InChI=1S/C29H23F3N4O7S2/c1-17-23(16-34)27(22-10-8-18(15-33)12-25(22)44(4,38)39)36(45(40,41)26-14-21(42-2)9-11-24(26)43-3)28(37)35(17)20-7-5-6-19(13-20)29(30,31)32/h5-14,27H,1-4H3. The molecule has 0 fully saturated rings. The van der Waals surface area contributed by atoms with Crippen molar-refractivity contribution in [2.45, 2.75) is 28.9 Å². The molecule has 4 rings (SSSR count). The SMILES string of the molecule is COc1ccc(OC)c(S(=O)(=O)N2C(=O)N(c3cccc(C(F)(F)F)c3)C(C)=C(C#N)C2c2ccc(C#N)cc2S(C)(=O)=O)c1. The first-order chi connectivity index (χ1) is 21.0. The number of halogens is 3. The minimum atomic E-state index is -5.14. The third kappa shape index (κ3) is 5.90. The van der Waals surface area contributed by atoms with Crippen LogP contribution in [0.15, 0.2) is 81.7 Å². The van der Waals surface area contributed by atoms with Gasteiger partial charge in [0.2, 0.25) is 0 Å². The second kappa shape index (κ2) is 11.8. The van der Waals surface area contributed by atoms with Crippen molar-refractivity contribution in [2.24, 2.45) is 0 Å². The molecule has 234 valence electrons. The number of benzene rings is 3. The van der Waals surface area contributed by atoms with Gasteiger partial charge in [-0.3, -0.25) is 4.90 Å². The minimum Gasteiger partial charge on any atom is -0.497 e. The maximum Gasteiger partial charge on any atom is 0.416 e. The molecule has 1 aliphatic heterocycles. The van der Waals surface area contributed by atoms with Crippen molar-refractivity contribution < 1.29 is 44.3 Å². The molecule has 16 heteroatoms. The molecule has 0 N–H and O–H groups in total. The van der Waals surface area contributed by atoms with Gasteiger partial charge in [-0.2, -0.15) is 23.7 Å². The molecule has 0 radical (unpaired) electrons. The largest absolute Gasteiger partial charge is 0.497 e. The van der Waals surface area contributed by atoms with E-state index >= 15 is 0 Å². The Balaban J connectivity index is 2.15. The van der Waals surface area contributed by atoms with Crippen LogP contribution in [0.4, 0.5) is 23.7 Å². The van der Waals surface area contributed by atoms with Gasteiger partial charge in [0.25, 0.3) is 10.0 Å². The number of carbonyl (C=O) groups excluding carboxylic acids is 1. The van der Waals surface area contributed by atoms with Crippen molar-refractivity contribution >= 4 is 31.6 Å². The molecule has 2 amide bonds. The highest BCUT2D eigenvalue weighted by Crippen LogP contribution is 2.46. The van der Waals surface area contributed by atoms with Crippen LogP contribution < -0.4 is 14.4 Å². The van der Waals surface area contributed by atoms with Gasteiger partial charge in [0, 0.05) is 18.0 Å². The number of sulfone groups is 1. The summed E-state index contributed by atoms with van der Waals surface area (Å²) in [7, 11) is -6.97. The summed E-state index contributed by atoms with van der Waals surface area (Å²) in [6, 6.07) is 10.6. The molecular weight excluding hydrogens is 637 g/mol. The van der Waals surface area contributed by atoms with E-state index in [2.05, 4.69) is 0 Å². The lowest BCUT2D eigenvalue weighted by atomic mass is 9.94. The number of allylic oxidation sites excluding steroid dienone is 1. The number of nitrogens with zero attached hydrogens (tertiary/aromatic N) is 4. The Morgan fingerprint density at radius 3 is 2.13 bits per heavy atom. The fourth-order valence-electron chi connectivity index (χ4n) is 4.82. The van der Waals surface area contributed by atoms with Crippen LogP contribution in [-0.4, -0.2) is 47.6 Å². The average Bonchev–Trinajstić information content (AvgIpc) is 2.99. The van der Waals surface area contributed by atoms with Crippen LogP contribution in [0.2, 0.25) is 0 Å². The summed E-state index contributed by atoms with van der Waals surface area (Å²) in [5.74, 6) is -0.242. The monoisotopic (exact) mass is 660 g/mol. The topological polar surface area (TPSA) is 158 Å². The van der Waals surface area contributed by atoms with Crippen LogP contribution in [0.3, 0.4) is 0 Å². The maximum atomic E-state index is 14.5. The lowest BCUT2D eigenvalue weighted by molar-refractivity contribution is -0.137. The van der Waals surface area contributed by atoms with Gasteiger partial charge < -0.3 is 9.47 Å². The van der Waals surface area contributed by atoms with Gasteiger partial charge >= 0.3 is 12.2 Å². The van der Waals surface area contributed by atoms with E-state index in [9.17, 15) is 45.3 Å². The zero-order chi connectivity index (χ0) is 33.5. The van der Waals surface area contributed by atoms with E-state index in [0.717, 1.165) is 49.8 Å². The highest BCUT2D eigenvalue weighted by molar-refractivity contribution is 7.91. The maximum absolute atomic E-state index is 14.5. The molecule has 1 unspecified atom stereocenters. The van der Waals surface area contributed by atoms with Crippen molar-refractivity contribution in [3.63, 3.8) is 0 Å². The number of anilines is 1. The smallest absolute Gasteiger partial charge is 0.416 e. The van der Waals surface area contributed by atoms with E-state index in [1.807, 2.05) is 6.07 Å². The van der Waals surface area contributed by atoms with Crippen LogP contribution >= 0.6 is 0 Å². The lowest BCUT2D eigenvalue weighted by Gasteiger charge is -2.41. The van der Waals surface area contributed by atoms with E-state index in [-0.39, 0.29) is 32.6 Å². The van der Waals surface area contributed by atoms with Gasteiger partial charge in [0.1, 0.15) is 22.4 Å². The predicted molar refractivity (Wildman–Crippen MR) is 153 cm³/mol. The number of urea groups is 1. The number of alkyl halides is 3. The predicted octanol–water partition coefficient (Wildman–Crippen LogP) is 5.17. The number of methoxy groups -OCH3 is 2. The Kier molecular flexibility index (Phi) is 8.61. The van der Waals surface area contributed by atoms with Gasteiger partial charge in [-0.05, 0) is 55.0 Å².